The second kappa shape index (κ2) is 11.1. The SMILES string of the molecule is CCOc1ccccc1OCCn1c(CCCNC(=O)c2cccnc2)nc2ccccc21. The van der Waals surface area contributed by atoms with Crippen molar-refractivity contribution in [3.63, 3.8) is 0 Å². The summed E-state index contributed by atoms with van der Waals surface area (Å²) in [5, 5.41) is 2.95. The smallest absolute Gasteiger partial charge is 0.252 e. The van der Waals surface area contributed by atoms with Crippen molar-refractivity contribution in [2.24, 2.45) is 0 Å². The highest BCUT2D eigenvalue weighted by molar-refractivity contribution is 5.93. The molecule has 7 heteroatoms. The quantitative estimate of drug-likeness (QED) is 0.350. The minimum atomic E-state index is -0.113. The Bertz CT molecular complexity index is 1190. The number of hydrogen-bond donors (Lipinski definition) is 1. The van der Waals surface area contributed by atoms with E-state index < -0.39 is 0 Å². The van der Waals surface area contributed by atoms with Crippen LogP contribution < -0.4 is 14.8 Å². The molecule has 0 unspecified atom stereocenters. The first-order valence-electron chi connectivity index (χ1n) is 11.2. The second-order valence-electron chi connectivity index (χ2n) is 7.50. The molecule has 4 rings (SSSR count). The maximum Gasteiger partial charge on any atom is 0.252 e. The molecule has 2 heterocycles. The number of pyridine rings is 1. The highest BCUT2D eigenvalue weighted by Gasteiger charge is 2.12. The number of hydrogen-bond acceptors (Lipinski definition) is 5. The molecule has 0 spiro atoms. The molecule has 0 bridgehead atoms. The van der Waals surface area contributed by atoms with Gasteiger partial charge in [0.05, 0.1) is 29.7 Å². The molecular formula is C26H28N4O3. The lowest BCUT2D eigenvalue weighted by Gasteiger charge is -2.13. The molecule has 170 valence electrons. The number of para-hydroxylation sites is 4. The summed E-state index contributed by atoms with van der Waals surface area (Å²) in [5.74, 6) is 2.36. The van der Waals surface area contributed by atoms with Gasteiger partial charge in [-0.3, -0.25) is 9.78 Å². The number of amides is 1. The standard InChI is InChI=1S/C26H28N4O3/c1-2-32-23-12-5-6-13-24(23)33-18-17-30-22-11-4-3-10-21(22)29-25(30)14-8-16-28-26(31)20-9-7-15-27-19-20/h3-7,9-13,15,19H,2,8,14,16-18H2,1H3,(H,28,31). The number of aryl methyl sites for hydroxylation is 1. The number of fused-ring (bicyclic) bond motifs is 1. The maximum atomic E-state index is 12.2. The molecule has 33 heavy (non-hydrogen) atoms. The normalized spacial score (nSPS) is 10.8. The van der Waals surface area contributed by atoms with Crippen LogP contribution in [0.15, 0.2) is 73.1 Å². The van der Waals surface area contributed by atoms with Crippen LogP contribution in [0.25, 0.3) is 11.0 Å². The van der Waals surface area contributed by atoms with Crippen LogP contribution in [0.5, 0.6) is 11.5 Å². The number of ether oxygens (including phenoxy) is 2. The third-order valence-corrected chi connectivity index (χ3v) is 5.24. The first-order chi connectivity index (χ1) is 16.3. The summed E-state index contributed by atoms with van der Waals surface area (Å²) in [6.07, 6.45) is 4.75. The number of aromatic nitrogens is 3. The van der Waals surface area contributed by atoms with E-state index in [-0.39, 0.29) is 5.91 Å². The largest absolute Gasteiger partial charge is 0.490 e. The zero-order chi connectivity index (χ0) is 22.9. The average Bonchev–Trinajstić information content (AvgIpc) is 3.21. The van der Waals surface area contributed by atoms with Crippen LogP contribution >= 0.6 is 0 Å². The van der Waals surface area contributed by atoms with Gasteiger partial charge in [0.25, 0.3) is 5.91 Å². The number of nitrogens with zero attached hydrogens (tertiary/aromatic N) is 3. The molecule has 0 saturated carbocycles. The minimum absolute atomic E-state index is 0.113. The van der Waals surface area contributed by atoms with Crippen LogP contribution in [0.2, 0.25) is 0 Å². The number of benzene rings is 2. The van der Waals surface area contributed by atoms with Crippen molar-refractivity contribution in [3.8, 4) is 11.5 Å². The average molecular weight is 445 g/mol. The summed E-state index contributed by atoms with van der Waals surface area (Å²) in [7, 11) is 0. The lowest BCUT2D eigenvalue weighted by molar-refractivity contribution is 0.0952. The number of carbonyl (C=O) groups is 1. The Kier molecular flexibility index (Phi) is 7.53. The molecule has 4 aromatic rings. The van der Waals surface area contributed by atoms with Crippen molar-refractivity contribution in [2.45, 2.75) is 26.3 Å². The molecular weight excluding hydrogens is 416 g/mol. The fourth-order valence-corrected chi connectivity index (χ4v) is 3.70. The summed E-state index contributed by atoms with van der Waals surface area (Å²) in [4.78, 5) is 21.0. The van der Waals surface area contributed by atoms with Crippen molar-refractivity contribution < 1.29 is 14.3 Å². The van der Waals surface area contributed by atoms with Gasteiger partial charge in [0.1, 0.15) is 12.4 Å². The van der Waals surface area contributed by atoms with Crippen LogP contribution in [0, 0.1) is 0 Å². The van der Waals surface area contributed by atoms with Gasteiger partial charge in [-0.05, 0) is 49.7 Å². The van der Waals surface area contributed by atoms with E-state index in [9.17, 15) is 4.79 Å². The van der Waals surface area contributed by atoms with E-state index in [1.165, 1.54) is 0 Å². The summed E-state index contributed by atoms with van der Waals surface area (Å²) in [5.41, 5.74) is 2.60. The Balaban J connectivity index is 1.38. The van der Waals surface area contributed by atoms with Crippen LogP contribution in [-0.2, 0) is 13.0 Å². The number of carbonyl (C=O) groups excluding carboxylic acids is 1. The first kappa shape index (κ1) is 22.3. The molecule has 0 atom stereocenters. The molecule has 0 aliphatic rings. The van der Waals surface area contributed by atoms with E-state index >= 15 is 0 Å². The Morgan fingerprint density at radius 3 is 2.58 bits per heavy atom. The lowest BCUT2D eigenvalue weighted by Crippen LogP contribution is -2.25. The van der Waals surface area contributed by atoms with Crippen LogP contribution in [0.1, 0.15) is 29.5 Å². The van der Waals surface area contributed by atoms with E-state index in [0.717, 1.165) is 41.2 Å². The summed E-state index contributed by atoms with van der Waals surface area (Å²) in [6, 6.07) is 19.3. The maximum absolute atomic E-state index is 12.2. The second-order valence-corrected chi connectivity index (χ2v) is 7.50. The molecule has 0 fully saturated rings. The zero-order valence-corrected chi connectivity index (χ0v) is 18.7. The molecule has 0 saturated heterocycles. The van der Waals surface area contributed by atoms with Gasteiger partial charge in [-0.1, -0.05) is 24.3 Å². The summed E-state index contributed by atoms with van der Waals surface area (Å²) >= 11 is 0. The van der Waals surface area contributed by atoms with Crippen LogP contribution in [0.3, 0.4) is 0 Å². The van der Waals surface area contributed by atoms with Gasteiger partial charge in [-0.15, -0.1) is 0 Å². The fraction of sp³-hybridized carbons (Fsp3) is 0.269. The molecule has 1 N–H and O–H groups in total. The van der Waals surface area contributed by atoms with Crippen molar-refractivity contribution in [3.05, 3.63) is 84.4 Å². The van der Waals surface area contributed by atoms with Crippen molar-refractivity contribution in [1.82, 2.24) is 19.9 Å². The van der Waals surface area contributed by atoms with Gasteiger partial charge >= 0.3 is 0 Å². The summed E-state index contributed by atoms with van der Waals surface area (Å²) < 4.78 is 13.9. The topological polar surface area (TPSA) is 78.3 Å². The fourth-order valence-electron chi connectivity index (χ4n) is 3.70. The molecule has 0 radical (unpaired) electrons. The van der Waals surface area contributed by atoms with Crippen LogP contribution in [-0.4, -0.2) is 40.2 Å². The number of nitrogens with one attached hydrogen (secondary N) is 1. The third kappa shape index (κ3) is 5.68. The molecule has 0 aliphatic carbocycles. The predicted octanol–water partition coefficient (Wildman–Crippen LogP) is 4.27. The van der Waals surface area contributed by atoms with Gasteiger partial charge in [-0.25, -0.2) is 4.98 Å². The Morgan fingerprint density at radius 1 is 1.00 bits per heavy atom. The van der Waals surface area contributed by atoms with Crippen LogP contribution in [0.4, 0.5) is 0 Å². The lowest BCUT2D eigenvalue weighted by atomic mass is 10.2. The monoisotopic (exact) mass is 444 g/mol. The molecule has 2 aromatic carbocycles. The Morgan fingerprint density at radius 2 is 1.79 bits per heavy atom. The first-order valence-corrected chi connectivity index (χ1v) is 11.2. The van der Waals surface area contributed by atoms with Gasteiger partial charge in [0.15, 0.2) is 11.5 Å². The van der Waals surface area contributed by atoms with Gasteiger partial charge in [0.2, 0.25) is 0 Å². The summed E-state index contributed by atoms with van der Waals surface area (Å²) in [6.45, 7) is 4.27. The Labute approximate surface area is 193 Å². The van der Waals surface area contributed by atoms with Gasteiger partial charge in [0, 0.05) is 25.4 Å². The van der Waals surface area contributed by atoms with E-state index in [1.807, 2.05) is 49.4 Å². The van der Waals surface area contributed by atoms with Gasteiger partial charge < -0.3 is 19.4 Å². The predicted molar refractivity (Wildman–Crippen MR) is 128 cm³/mol. The number of imidazole rings is 1. The Hall–Kier alpha value is -3.87. The highest BCUT2D eigenvalue weighted by Crippen LogP contribution is 2.26. The third-order valence-electron chi connectivity index (χ3n) is 5.24. The molecule has 7 nitrogen and oxygen atoms in total. The van der Waals surface area contributed by atoms with Crippen molar-refractivity contribution >= 4 is 16.9 Å². The van der Waals surface area contributed by atoms with Crippen molar-refractivity contribution in [1.29, 1.82) is 0 Å². The molecule has 1 amide bonds. The van der Waals surface area contributed by atoms with E-state index in [4.69, 9.17) is 14.5 Å². The number of rotatable bonds is 11. The zero-order valence-electron chi connectivity index (χ0n) is 18.7. The van der Waals surface area contributed by atoms with Gasteiger partial charge in [-0.2, -0.15) is 0 Å². The van der Waals surface area contributed by atoms with Crippen molar-refractivity contribution in [2.75, 3.05) is 19.8 Å². The van der Waals surface area contributed by atoms with E-state index in [2.05, 4.69) is 20.9 Å². The van der Waals surface area contributed by atoms with E-state index in [1.54, 1.807) is 24.5 Å². The molecule has 0 aliphatic heterocycles. The highest BCUT2D eigenvalue weighted by atomic mass is 16.5. The minimum Gasteiger partial charge on any atom is -0.490 e. The molecule has 2 aromatic heterocycles. The van der Waals surface area contributed by atoms with E-state index in [0.29, 0.717) is 31.9 Å².